The topological polar surface area (TPSA) is 18.5 Å². The average Bonchev–Trinajstić information content (AvgIpc) is 2.86. The van der Waals surface area contributed by atoms with Crippen LogP contribution in [0, 0.1) is 0 Å². The fraction of sp³-hybridized carbons (Fsp3) is 0.600. The van der Waals surface area contributed by atoms with Crippen molar-refractivity contribution in [2.45, 2.75) is 95.5 Å². The first-order valence-electron chi connectivity index (χ1n) is 13.2. The van der Waals surface area contributed by atoms with E-state index in [0.29, 0.717) is 12.0 Å². The molecule has 1 fully saturated rings. The predicted molar refractivity (Wildman–Crippen MR) is 135 cm³/mol. The summed E-state index contributed by atoms with van der Waals surface area (Å²) in [4.78, 5) is 0. The first-order valence-corrected chi connectivity index (χ1v) is 13.2. The Kier molecular flexibility index (Phi) is 12.5. The molecule has 0 aliphatic carbocycles. The van der Waals surface area contributed by atoms with Gasteiger partial charge < -0.3 is 9.47 Å². The Morgan fingerprint density at radius 2 is 1.09 bits per heavy atom. The van der Waals surface area contributed by atoms with Crippen molar-refractivity contribution in [3.8, 4) is 0 Å². The zero-order valence-electron chi connectivity index (χ0n) is 20.1. The molecule has 1 heterocycles. The number of hydrogen-bond donors (Lipinski definition) is 0. The van der Waals surface area contributed by atoms with Crippen molar-refractivity contribution in [1.29, 1.82) is 0 Å². The molecule has 1 unspecified atom stereocenters. The Morgan fingerprint density at radius 1 is 0.594 bits per heavy atom. The van der Waals surface area contributed by atoms with Crippen LogP contribution in [-0.4, -0.2) is 25.9 Å². The predicted octanol–water partition coefficient (Wildman–Crippen LogP) is 8.31. The van der Waals surface area contributed by atoms with Gasteiger partial charge in [0.1, 0.15) is 0 Å². The summed E-state index contributed by atoms with van der Waals surface area (Å²) >= 11 is 0. The molecule has 1 aliphatic heterocycles. The minimum atomic E-state index is 0.361. The van der Waals surface area contributed by atoms with Crippen LogP contribution in [0.25, 0.3) is 0 Å². The van der Waals surface area contributed by atoms with E-state index in [2.05, 4.69) is 60.7 Å². The van der Waals surface area contributed by atoms with Gasteiger partial charge in [0.2, 0.25) is 0 Å². The minimum absolute atomic E-state index is 0.361. The number of rotatable bonds is 16. The molecule has 2 aromatic rings. The lowest BCUT2D eigenvalue weighted by Crippen LogP contribution is -2.28. The summed E-state index contributed by atoms with van der Waals surface area (Å²) in [6.45, 7) is 2.36. The quantitative estimate of drug-likeness (QED) is 0.246. The van der Waals surface area contributed by atoms with Crippen molar-refractivity contribution in [2.24, 2.45) is 0 Å². The van der Waals surface area contributed by atoms with Gasteiger partial charge in [-0.2, -0.15) is 0 Å². The molecule has 2 nitrogen and oxygen atoms in total. The van der Waals surface area contributed by atoms with Gasteiger partial charge in [-0.3, -0.25) is 0 Å². The fourth-order valence-corrected chi connectivity index (χ4v) is 4.91. The standard InChI is InChI=1S/C30H44O2/c1(2-4-6-8-16-22-29-26-31-24-25-32-29)3-5-7-9-17-23-30(27-18-12-10-13-19-27)28-20-14-11-15-21-28/h10-15,18-21,29-30H,1-9,16-17,22-26H2. The van der Waals surface area contributed by atoms with Gasteiger partial charge in [-0.15, -0.1) is 0 Å². The normalized spacial score (nSPS) is 16.5. The van der Waals surface area contributed by atoms with Crippen LogP contribution < -0.4 is 0 Å². The molecule has 0 radical (unpaired) electrons. The van der Waals surface area contributed by atoms with Gasteiger partial charge in [0.15, 0.2) is 0 Å². The maximum Gasteiger partial charge on any atom is 0.0809 e. The van der Waals surface area contributed by atoms with Crippen LogP contribution in [0.3, 0.4) is 0 Å². The van der Waals surface area contributed by atoms with Crippen LogP contribution in [0.5, 0.6) is 0 Å². The van der Waals surface area contributed by atoms with Gasteiger partial charge in [0.05, 0.1) is 25.9 Å². The Hall–Kier alpha value is -1.64. The van der Waals surface area contributed by atoms with E-state index in [0.717, 1.165) is 19.8 Å². The molecular formula is C30H44O2. The highest BCUT2D eigenvalue weighted by Crippen LogP contribution is 2.30. The lowest BCUT2D eigenvalue weighted by Gasteiger charge is -2.22. The van der Waals surface area contributed by atoms with Crippen molar-refractivity contribution in [2.75, 3.05) is 19.8 Å². The third kappa shape index (κ3) is 9.88. The minimum Gasteiger partial charge on any atom is -0.376 e. The van der Waals surface area contributed by atoms with Crippen LogP contribution in [0.15, 0.2) is 60.7 Å². The monoisotopic (exact) mass is 436 g/mol. The number of hydrogen-bond acceptors (Lipinski definition) is 2. The lowest BCUT2D eigenvalue weighted by molar-refractivity contribution is -0.0912. The highest BCUT2D eigenvalue weighted by molar-refractivity contribution is 5.32. The van der Waals surface area contributed by atoms with Gasteiger partial charge >= 0.3 is 0 Å². The Balaban J connectivity index is 1.17. The molecule has 0 spiro atoms. The zero-order valence-corrected chi connectivity index (χ0v) is 20.1. The number of unbranched alkanes of at least 4 members (excludes halogenated alkanes) is 10. The van der Waals surface area contributed by atoms with E-state index < -0.39 is 0 Å². The third-order valence-electron chi connectivity index (χ3n) is 6.81. The highest BCUT2D eigenvalue weighted by Gasteiger charge is 2.14. The van der Waals surface area contributed by atoms with Crippen LogP contribution in [-0.2, 0) is 9.47 Å². The second-order valence-electron chi connectivity index (χ2n) is 9.41. The number of ether oxygens (including phenoxy) is 2. The summed E-state index contributed by atoms with van der Waals surface area (Å²) in [5.74, 6) is 0.537. The van der Waals surface area contributed by atoms with Gasteiger partial charge in [0.25, 0.3) is 0 Å². The molecule has 0 saturated carbocycles. The van der Waals surface area contributed by atoms with Crippen LogP contribution >= 0.6 is 0 Å². The summed E-state index contributed by atoms with van der Waals surface area (Å²) in [6, 6.07) is 22.1. The second-order valence-corrected chi connectivity index (χ2v) is 9.41. The summed E-state index contributed by atoms with van der Waals surface area (Å²) in [7, 11) is 0. The van der Waals surface area contributed by atoms with E-state index in [9.17, 15) is 0 Å². The molecule has 2 heteroatoms. The molecule has 32 heavy (non-hydrogen) atoms. The average molecular weight is 437 g/mol. The van der Waals surface area contributed by atoms with E-state index in [1.807, 2.05) is 0 Å². The molecule has 2 aromatic carbocycles. The summed E-state index contributed by atoms with van der Waals surface area (Å²) < 4.78 is 11.2. The summed E-state index contributed by atoms with van der Waals surface area (Å²) in [5.41, 5.74) is 2.91. The van der Waals surface area contributed by atoms with Crippen molar-refractivity contribution in [1.82, 2.24) is 0 Å². The molecule has 3 rings (SSSR count). The maximum atomic E-state index is 5.71. The molecular weight excluding hydrogens is 392 g/mol. The molecule has 0 amide bonds. The molecule has 0 bridgehead atoms. The zero-order chi connectivity index (χ0) is 22.1. The Morgan fingerprint density at radius 3 is 1.59 bits per heavy atom. The molecule has 176 valence electrons. The van der Waals surface area contributed by atoms with E-state index in [1.165, 1.54) is 94.6 Å². The second kappa shape index (κ2) is 16.0. The van der Waals surface area contributed by atoms with Crippen molar-refractivity contribution < 1.29 is 9.47 Å². The van der Waals surface area contributed by atoms with Gasteiger partial charge in [-0.25, -0.2) is 0 Å². The van der Waals surface area contributed by atoms with E-state index >= 15 is 0 Å². The SMILES string of the molecule is c1ccc(C(CCCCCCCCCCCCCC2COCCO2)c2ccccc2)cc1. The van der Waals surface area contributed by atoms with Crippen LogP contribution in [0.2, 0.25) is 0 Å². The Labute approximate surface area is 196 Å². The van der Waals surface area contributed by atoms with E-state index in [1.54, 1.807) is 0 Å². The van der Waals surface area contributed by atoms with Crippen molar-refractivity contribution >= 4 is 0 Å². The smallest absolute Gasteiger partial charge is 0.0809 e. The summed E-state index contributed by atoms with van der Waals surface area (Å²) in [6.07, 6.45) is 17.9. The fourth-order valence-electron chi connectivity index (χ4n) is 4.91. The van der Waals surface area contributed by atoms with E-state index in [4.69, 9.17) is 9.47 Å². The van der Waals surface area contributed by atoms with E-state index in [-0.39, 0.29) is 0 Å². The maximum absolute atomic E-state index is 5.71. The highest BCUT2D eigenvalue weighted by atomic mass is 16.6. The van der Waals surface area contributed by atoms with Gasteiger partial charge in [-0.05, 0) is 24.0 Å². The largest absolute Gasteiger partial charge is 0.376 e. The van der Waals surface area contributed by atoms with Crippen molar-refractivity contribution in [3.05, 3.63) is 71.8 Å². The lowest BCUT2D eigenvalue weighted by atomic mass is 9.87. The van der Waals surface area contributed by atoms with Crippen LogP contribution in [0.4, 0.5) is 0 Å². The van der Waals surface area contributed by atoms with Gasteiger partial charge in [0, 0.05) is 5.92 Å². The molecule has 1 atom stereocenters. The third-order valence-corrected chi connectivity index (χ3v) is 6.81. The van der Waals surface area contributed by atoms with Crippen molar-refractivity contribution in [3.63, 3.8) is 0 Å². The Bertz CT molecular complexity index is 639. The molecule has 0 N–H and O–H groups in total. The van der Waals surface area contributed by atoms with Gasteiger partial charge in [-0.1, -0.05) is 131 Å². The first-order chi connectivity index (χ1) is 15.9. The van der Waals surface area contributed by atoms with Crippen LogP contribution in [0.1, 0.15) is 101 Å². The molecule has 0 aromatic heterocycles. The first kappa shape index (κ1) is 25.0. The summed E-state index contributed by atoms with van der Waals surface area (Å²) in [5, 5.41) is 0. The molecule has 1 aliphatic rings. The molecule has 1 saturated heterocycles. The number of benzene rings is 2.